The highest BCUT2D eigenvalue weighted by Gasteiger charge is 2.27. The first-order chi connectivity index (χ1) is 15.5. The Morgan fingerprint density at radius 1 is 1.19 bits per heavy atom. The first kappa shape index (κ1) is 22.1. The van der Waals surface area contributed by atoms with E-state index in [1.165, 1.54) is 5.56 Å². The SMILES string of the molecule is CC(C(=O)O)c1ccc(Cl)c(CCN[C@H](c2ccccc2)[C@H]2CNc3cccnc3N2)c1. The summed E-state index contributed by atoms with van der Waals surface area (Å²) in [6.07, 6.45) is 2.48. The number of rotatable bonds is 8. The van der Waals surface area contributed by atoms with Crippen LogP contribution in [0.2, 0.25) is 5.02 Å². The first-order valence-electron chi connectivity index (χ1n) is 10.8. The van der Waals surface area contributed by atoms with Gasteiger partial charge in [0.25, 0.3) is 0 Å². The summed E-state index contributed by atoms with van der Waals surface area (Å²) in [5.41, 5.74) is 3.90. The van der Waals surface area contributed by atoms with Crippen molar-refractivity contribution in [1.82, 2.24) is 10.3 Å². The molecule has 2 aromatic carbocycles. The number of nitrogens with zero attached hydrogens (tertiary/aromatic N) is 1. The number of nitrogens with one attached hydrogen (secondary N) is 3. The van der Waals surface area contributed by atoms with Crippen molar-refractivity contribution in [2.45, 2.75) is 31.3 Å². The minimum absolute atomic E-state index is 0.0544. The fraction of sp³-hybridized carbons (Fsp3) is 0.280. The van der Waals surface area contributed by atoms with Crippen molar-refractivity contribution in [3.05, 3.63) is 88.6 Å². The summed E-state index contributed by atoms with van der Waals surface area (Å²) >= 11 is 6.41. The normalized spacial score (nSPS) is 16.9. The number of carbonyl (C=O) groups is 1. The first-order valence-corrected chi connectivity index (χ1v) is 11.2. The molecule has 4 N–H and O–H groups in total. The van der Waals surface area contributed by atoms with Crippen LogP contribution in [-0.2, 0) is 11.2 Å². The van der Waals surface area contributed by atoms with Gasteiger partial charge in [0.1, 0.15) is 5.82 Å². The Labute approximate surface area is 193 Å². The molecule has 6 nitrogen and oxygen atoms in total. The van der Waals surface area contributed by atoms with Crippen LogP contribution in [0.4, 0.5) is 11.5 Å². The average Bonchev–Trinajstić information content (AvgIpc) is 2.82. The molecule has 32 heavy (non-hydrogen) atoms. The van der Waals surface area contributed by atoms with Gasteiger partial charge in [-0.15, -0.1) is 0 Å². The number of aromatic nitrogens is 1. The summed E-state index contributed by atoms with van der Waals surface area (Å²) in [5, 5.41) is 20.7. The number of anilines is 2. The van der Waals surface area contributed by atoms with Crippen molar-refractivity contribution < 1.29 is 9.90 Å². The Hall–Kier alpha value is -3.09. The van der Waals surface area contributed by atoms with E-state index in [0.29, 0.717) is 18.0 Å². The van der Waals surface area contributed by atoms with Gasteiger partial charge in [0.2, 0.25) is 0 Å². The predicted octanol–water partition coefficient (Wildman–Crippen LogP) is 4.70. The Kier molecular flexibility index (Phi) is 6.93. The molecule has 1 aromatic heterocycles. The number of aliphatic carboxylic acids is 1. The van der Waals surface area contributed by atoms with E-state index < -0.39 is 11.9 Å². The lowest BCUT2D eigenvalue weighted by Gasteiger charge is -2.34. The lowest BCUT2D eigenvalue weighted by molar-refractivity contribution is -0.138. The van der Waals surface area contributed by atoms with E-state index in [9.17, 15) is 9.90 Å². The Bertz CT molecular complexity index is 1080. The second kappa shape index (κ2) is 10.0. The number of carboxylic acid groups (broad SMARTS) is 1. The molecular formula is C25H27ClN4O2. The summed E-state index contributed by atoms with van der Waals surface area (Å²) in [4.78, 5) is 15.8. The second-order valence-corrected chi connectivity index (χ2v) is 8.44. The molecular weight excluding hydrogens is 424 g/mol. The number of halogens is 1. The van der Waals surface area contributed by atoms with Gasteiger partial charge in [-0.05, 0) is 54.8 Å². The zero-order valence-corrected chi connectivity index (χ0v) is 18.6. The third-order valence-corrected chi connectivity index (χ3v) is 6.27. The third kappa shape index (κ3) is 5.03. The summed E-state index contributed by atoms with van der Waals surface area (Å²) in [6.45, 7) is 3.14. The van der Waals surface area contributed by atoms with Gasteiger partial charge in [-0.2, -0.15) is 0 Å². The van der Waals surface area contributed by atoms with Crippen LogP contribution in [0.25, 0.3) is 0 Å². The molecule has 7 heteroatoms. The zero-order chi connectivity index (χ0) is 22.5. The molecule has 2 heterocycles. The van der Waals surface area contributed by atoms with Crippen LogP contribution in [-0.4, -0.2) is 35.2 Å². The monoisotopic (exact) mass is 450 g/mol. The van der Waals surface area contributed by atoms with E-state index in [0.717, 1.165) is 29.2 Å². The molecule has 1 aliphatic heterocycles. The van der Waals surface area contributed by atoms with E-state index in [2.05, 4.69) is 33.1 Å². The summed E-state index contributed by atoms with van der Waals surface area (Å²) in [6, 6.07) is 19.9. The fourth-order valence-electron chi connectivity index (χ4n) is 4.02. The van der Waals surface area contributed by atoms with Crippen LogP contribution in [0, 0.1) is 0 Å². The molecule has 0 bridgehead atoms. The lowest BCUT2D eigenvalue weighted by atomic mass is 9.96. The molecule has 166 valence electrons. The third-order valence-electron chi connectivity index (χ3n) is 5.90. The minimum Gasteiger partial charge on any atom is -0.481 e. The van der Waals surface area contributed by atoms with E-state index in [1.54, 1.807) is 25.3 Å². The molecule has 0 fully saturated rings. The molecule has 0 radical (unpaired) electrons. The molecule has 1 unspecified atom stereocenters. The largest absolute Gasteiger partial charge is 0.481 e. The molecule has 3 aromatic rings. The quantitative estimate of drug-likeness (QED) is 0.398. The van der Waals surface area contributed by atoms with Gasteiger partial charge in [0, 0.05) is 17.8 Å². The van der Waals surface area contributed by atoms with E-state index in [4.69, 9.17) is 11.6 Å². The highest BCUT2D eigenvalue weighted by atomic mass is 35.5. The van der Waals surface area contributed by atoms with Crippen molar-refractivity contribution in [2.24, 2.45) is 0 Å². The Morgan fingerprint density at radius 3 is 2.78 bits per heavy atom. The molecule has 0 saturated carbocycles. The number of hydrogen-bond donors (Lipinski definition) is 4. The lowest BCUT2D eigenvalue weighted by Crippen LogP contribution is -2.44. The smallest absolute Gasteiger partial charge is 0.310 e. The van der Waals surface area contributed by atoms with E-state index in [1.807, 2.05) is 36.4 Å². The molecule has 0 aliphatic carbocycles. The summed E-state index contributed by atoms with van der Waals surface area (Å²) < 4.78 is 0. The predicted molar refractivity (Wildman–Crippen MR) is 129 cm³/mol. The maximum Gasteiger partial charge on any atom is 0.310 e. The molecule has 0 saturated heterocycles. The average molecular weight is 451 g/mol. The Morgan fingerprint density at radius 2 is 2.00 bits per heavy atom. The number of pyridine rings is 1. The van der Waals surface area contributed by atoms with Gasteiger partial charge in [-0.1, -0.05) is 54.1 Å². The summed E-state index contributed by atoms with van der Waals surface area (Å²) in [7, 11) is 0. The highest BCUT2D eigenvalue weighted by molar-refractivity contribution is 6.31. The highest BCUT2D eigenvalue weighted by Crippen LogP contribution is 2.29. The van der Waals surface area contributed by atoms with Gasteiger partial charge in [0.15, 0.2) is 0 Å². The van der Waals surface area contributed by atoms with Crippen molar-refractivity contribution in [1.29, 1.82) is 0 Å². The topological polar surface area (TPSA) is 86.3 Å². The van der Waals surface area contributed by atoms with Crippen LogP contribution < -0.4 is 16.0 Å². The van der Waals surface area contributed by atoms with E-state index >= 15 is 0 Å². The van der Waals surface area contributed by atoms with Crippen molar-refractivity contribution >= 4 is 29.1 Å². The van der Waals surface area contributed by atoms with Crippen LogP contribution in [0.5, 0.6) is 0 Å². The minimum atomic E-state index is -0.842. The molecule has 3 atom stereocenters. The van der Waals surface area contributed by atoms with E-state index in [-0.39, 0.29) is 12.1 Å². The molecule has 4 rings (SSSR count). The van der Waals surface area contributed by atoms with Gasteiger partial charge < -0.3 is 21.1 Å². The van der Waals surface area contributed by atoms with Crippen molar-refractivity contribution in [3.63, 3.8) is 0 Å². The number of hydrogen-bond acceptors (Lipinski definition) is 5. The Balaban J connectivity index is 1.49. The summed E-state index contributed by atoms with van der Waals surface area (Å²) in [5.74, 6) is -0.559. The second-order valence-electron chi connectivity index (χ2n) is 8.03. The van der Waals surface area contributed by atoms with Crippen molar-refractivity contribution in [2.75, 3.05) is 23.7 Å². The number of carboxylic acids is 1. The van der Waals surface area contributed by atoms with Gasteiger partial charge in [-0.3, -0.25) is 4.79 Å². The maximum atomic E-state index is 11.4. The van der Waals surface area contributed by atoms with Crippen molar-refractivity contribution in [3.8, 4) is 0 Å². The molecule has 0 amide bonds. The fourth-order valence-corrected chi connectivity index (χ4v) is 4.24. The van der Waals surface area contributed by atoms with Gasteiger partial charge >= 0.3 is 5.97 Å². The van der Waals surface area contributed by atoms with Gasteiger partial charge in [0.05, 0.1) is 23.7 Å². The van der Waals surface area contributed by atoms with Crippen LogP contribution in [0.15, 0.2) is 66.9 Å². The molecule has 1 aliphatic rings. The van der Waals surface area contributed by atoms with Crippen LogP contribution in [0.1, 0.15) is 35.6 Å². The number of fused-ring (bicyclic) bond motifs is 1. The maximum absolute atomic E-state index is 11.4. The van der Waals surface area contributed by atoms with Crippen LogP contribution >= 0.6 is 11.6 Å². The standard InChI is InChI=1S/C25H27ClN4O2/c1-16(25(31)32)18-9-10-20(26)19(14-18)11-13-27-23(17-6-3-2-4-7-17)22-15-29-21-8-5-12-28-24(21)30-22/h2-10,12,14,16,22-23,27,29H,11,13,15H2,1H3,(H,28,30)(H,31,32)/t16?,22-,23-/m1/s1. The molecule has 0 spiro atoms. The van der Waals surface area contributed by atoms with Gasteiger partial charge in [-0.25, -0.2) is 4.98 Å². The zero-order valence-electron chi connectivity index (χ0n) is 17.9. The number of benzene rings is 2. The van der Waals surface area contributed by atoms with Crippen LogP contribution in [0.3, 0.4) is 0 Å².